The van der Waals surface area contributed by atoms with Gasteiger partial charge in [-0.15, -0.1) is 0 Å². The summed E-state index contributed by atoms with van der Waals surface area (Å²) in [5.41, 5.74) is 0.487. The molecule has 0 radical (unpaired) electrons. The number of allylic oxidation sites excluding steroid dienone is 2. The molecule has 1 fully saturated rings. The van der Waals surface area contributed by atoms with Gasteiger partial charge in [-0.2, -0.15) is 0 Å². The molecule has 2 aliphatic rings. The summed E-state index contributed by atoms with van der Waals surface area (Å²) < 4.78 is 0.953. The van der Waals surface area contributed by atoms with Crippen molar-refractivity contribution in [2.24, 2.45) is 0 Å². The fraction of sp³-hybridized carbons (Fsp3) is 0.500. The van der Waals surface area contributed by atoms with Gasteiger partial charge in [-0.1, -0.05) is 40.2 Å². The average molecular weight is 474 g/mol. The molecular weight excluding hydrogens is 442 g/mol. The summed E-state index contributed by atoms with van der Waals surface area (Å²) >= 11 is 3.46. The Kier molecular flexibility index (Phi) is 7.40. The highest BCUT2D eigenvalue weighted by molar-refractivity contribution is 9.10. The van der Waals surface area contributed by atoms with Crippen molar-refractivity contribution in [2.45, 2.75) is 64.1 Å². The number of nitrogens with one attached hydrogen (secondary N) is 1. The monoisotopic (exact) mass is 473 g/mol. The van der Waals surface area contributed by atoms with E-state index >= 15 is 0 Å². The molecule has 1 aromatic carbocycles. The Morgan fingerprint density at radius 1 is 1.20 bits per heavy atom. The molecule has 1 atom stereocenters. The van der Waals surface area contributed by atoms with Gasteiger partial charge in [-0.05, 0) is 70.0 Å². The molecule has 0 saturated heterocycles. The van der Waals surface area contributed by atoms with Crippen molar-refractivity contribution in [1.82, 2.24) is 15.1 Å². The number of carbonyl (C=O) groups is 2. The zero-order valence-corrected chi connectivity index (χ0v) is 19.7. The van der Waals surface area contributed by atoms with Gasteiger partial charge in [0, 0.05) is 35.6 Å². The maximum absolute atomic E-state index is 13.3. The Morgan fingerprint density at radius 3 is 2.47 bits per heavy atom. The van der Waals surface area contributed by atoms with E-state index in [1.54, 1.807) is 0 Å². The molecule has 0 bridgehead atoms. The van der Waals surface area contributed by atoms with Gasteiger partial charge in [-0.25, -0.2) is 0 Å². The first-order valence-corrected chi connectivity index (χ1v) is 11.5. The molecule has 1 heterocycles. The van der Waals surface area contributed by atoms with Gasteiger partial charge in [0.25, 0.3) is 0 Å². The van der Waals surface area contributed by atoms with E-state index in [1.807, 2.05) is 62.1 Å². The summed E-state index contributed by atoms with van der Waals surface area (Å²) in [4.78, 5) is 30.7. The normalized spacial score (nSPS) is 17.0. The molecular formula is C24H32BrN3O2. The van der Waals surface area contributed by atoms with E-state index in [0.717, 1.165) is 42.4 Å². The summed E-state index contributed by atoms with van der Waals surface area (Å²) in [6.45, 7) is 7.61. The molecule has 1 aliphatic carbocycles. The Bertz CT molecular complexity index is 807. The molecule has 0 aromatic heterocycles. The van der Waals surface area contributed by atoms with E-state index in [2.05, 4.69) is 38.4 Å². The van der Waals surface area contributed by atoms with Gasteiger partial charge >= 0.3 is 0 Å². The number of nitrogens with zero attached hydrogens (tertiary/aromatic N) is 2. The predicted molar refractivity (Wildman–Crippen MR) is 124 cm³/mol. The van der Waals surface area contributed by atoms with Gasteiger partial charge in [0.2, 0.25) is 11.8 Å². The van der Waals surface area contributed by atoms with Crippen LogP contribution in [0.3, 0.4) is 0 Å². The molecule has 1 aromatic rings. The second-order valence-electron chi connectivity index (χ2n) is 9.09. The molecule has 1 aliphatic heterocycles. The minimum Gasteiger partial charge on any atom is -0.374 e. The lowest BCUT2D eigenvalue weighted by atomic mass is 10.0. The van der Waals surface area contributed by atoms with Crippen molar-refractivity contribution >= 4 is 27.7 Å². The largest absolute Gasteiger partial charge is 0.374 e. The molecule has 1 N–H and O–H groups in total. The minimum absolute atomic E-state index is 0.0611. The van der Waals surface area contributed by atoms with Crippen LogP contribution in [-0.4, -0.2) is 46.3 Å². The highest BCUT2D eigenvalue weighted by Gasteiger charge is 2.41. The van der Waals surface area contributed by atoms with Crippen LogP contribution in [0.4, 0.5) is 0 Å². The highest BCUT2D eigenvalue weighted by atomic mass is 79.9. The maximum atomic E-state index is 13.3. The highest BCUT2D eigenvalue weighted by Crippen LogP contribution is 2.36. The first-order valence-electron chi connectivity index (χ1n) is 10.7. The van der Waals surface area contributed by atoms with Gasteiger partial charge in [0.1, 0.15) is 6.04 Å². The lowest BCUT2D eigenvalue weighted by molar-refractivity contribution is -0.142. The summed E-state index contributed by atoms with van der Waals surface area (Å²) in [6.07, 6.45) is 11.4. The molecule has 1 saturated carbocycles. The number of amides is 2. The SMILES string of the molecule is CC(C)(C)NC(=O)C(c1ccc(Br)cc1)N(C(=O)CCCN1C=CC=CC1)C1CC1. The quantitative estimate of drug-likeness (QED) is 0.601. The van der Waals surface area contributed by atoms with Crippen molar-refractivity contribution in [3.63, 3.8) is 0 Å². The first-order chi connectivity index (χ1) is 14.2. The molecule has 0 spiro atoms. The van der Waals surface area contributed by atoms with E-state index < -0.39 is 6.04 Å². The van der Waals surface area contributed by atoms with Crippen LogP contribution in [0.15, 0.2) is 53.2 Å². The Labute approximate surface area is 188 Å². The Hall–Kier alpha value is -2.08. The van der Waals surface area contributed by atoms with Crippen molar-refractivity contribution in [3.8, 4) is 0 Å². The number of rotatable bonds is 8. The van der Waals surface area contributed by atoms with E-state index in [0.29, 0.717) is 6.42 Å². The number of hydrogen-bond donors (Lipinski definition) is 1. The number of halogens is 1. The van der Waals surface area contributed by atoms with Crippen molar-refractivity contribution in [1.29, 1.82) is 0 Å². The third kappa shape index (κ3) is 6.46. The lowest BCUT2D eigenvalue weighted by Gasteiger charge is -2.34. The fourth-order valence-corrected chi connectivity index (χ4v) is 3.93. The summed E-state index contributed by atoms with van der Waals surface area (Å²) in [5.74, 6) is -0.0554. The van der Waals surface area contributed by atoms with E-state index in [-0.39, 0.29) is 23.4 Å². The summed E-state index contributed by atoms with van der Waals surface area (Å²) in [7, 11) is 0. The molecule has 162 valence electrons. The predicted octanol–water partition coefficient (Wildman–Crippen LogP) is 4.56. The molecule has 6 heteroatoms. The molecule has 30 heavy (non-hydrogen) atoms. The number of benzene rings is 1. The molecule has 2 amide bonds. The minimum atomic E-state index is -0.602. The average Bonchev–Trinajstić information content (AvgIpc) is 3.51. The van der Waals surface area contributed by atoms with Crippen LogP contribution in [0.2, 0.25) is 0 Å². The van der Waals surface area contributed by atoms with Crippen LogP contribution in [-0.2, 0) is 9.59 Å². The smallest absolute Gasteiger partial charge is 0.247 e. The maximum Gasteiger partial charge on any atom is 0.247 e. The van der Waals surface area contributed by atoms with Crippen LogP contribution in [0.25, 0.3) is 0 Å². The molecule has 1 unspecified atom stereocenters. The lowest BCUT2D eigenvalue weighted by Crippen LogP contribution is -2.50. The third-order valence-electron chi connectivity index (χ3n) is 5.16. The van der Waals surface area contributed by atoms with E-state index in [4.69, 9.17) is 0 Å². The number of hydrogen-bond acceptors (Lipinski definition) is 3. The van der Waals surface area contributed by atoms with Gasteiger partial charge in [0.05, 0.1) is 0 Å². The topological polar surface area (TPSA) is 52.7 Å². The third-order valence-corrected chi connectivity index (χ3v) is 5.69. The van der Waals surface area contributed by atoms with Crippen LogP contribution in [0.1, 0.15) is 58.1 Å². The first kappa shape index (κ1) is 22.6. The Morgan fingerprint density at radius 2 is 1.90 bits per heavy atom. The Balaban J connectivity index is 1.76. The van der Waals surface area contributed by atoms with Crippen molar-refractivity contribution in [3.05, 3.63) is 58.7 Å². The zero-order valence-electron chi connectivity index (χ0n) is 18.1. The van der Waals surface area contributed by atoms with E-state index in [9.17, 15) is 9.59 Å². The molecule has 5 nitrogen and oxygen atoms in total. The molecule has 3 rings (SSSR count). The number of carbonyl (C=O) groups excluding carboxylic acids is 2. The van der Waals surface area contributed by atoms with Gasteiger partial charge in [-0.3, -0.25) is 9.59 Å². The van der Waals surface area contributed by atoms with Crippen LogP contribution < -0.4 is 5.32 Å². The van der Waals surface area contributed by atoms with Gasteiger partial charge < -0.3 is 15.1 Å². The van der Waals surface area contributed by atoms with E-state index in [1.165, 1.54) is 0 Å². The van der Waals surface area contributed by atoms with Crippen molar-refractivity contribution in [2.75, 3.05) is 13.1 Å². The summed E-state index contributed by atoms with van der Waals surface area (Å²) in [6, 6.07) is 7.27. The second-order valence-corrected chi connectivity index (χ2v) is 10.0. The van der Waals surface area contributed by atoms with Crippen LogP contribution in [0, 0.1) is 0 Å². The van der Waals surface area contributed by atoms with Crippen LogP contribution in [0.5, 0.6) is 0 Å². The standard InChI is InChI=1S/C24H32BrN3O2/c1-24(2,3)26-23(30)22(18-9-11-19(25)12-10-18)28(20-13-14-20)21(29)8-7-17-27-15-5-4-6-16-27/h4-6,9-12,15,20,22H,7-8,13-14,16-17H2,1-3H3,(H,26,30). The summed E-state index contributed by atoms with van der Waals surface area (Å²) in [5, 5.41) is 3.09. The fourth-order valence-electron chi connectivity index (χ4n) is 3.67. The second kappa shape index (κ2) is 9.82. The van der Waals surface area contributed by atoms with Crippen molar-refractivity contribution < 1.29 is 9.59 Å². The van der Waals surface area contributed by atoms with Crippen LogP contribution >= 0.6 is 15.9 Å². The zero-order chi connectivity index (χ0) is 21.7. The van der Waals surface area contributed by atoms with Gasteiger partial charge in [0.15, 0.2) is 0 Å².